The van der Waals surface area contributed by atoms with Gasteiger partial charge in [-0.1, -0.05) is 6.92 Å². The molecule has 1 heterocycles. The highest BCUT2D eigenvalue weighted by Gasteiger charge is 2.11. The van der Waals surface area contributed by atoms with E-state index in [1.807, 2.05) is 16.9 Å². The van der Waals surface area contributed by atoms with Crippen molar-refractivity contribution in [3.63, 3.8) is 0 Å². The lowest BCUT2D eigenvalue weighted by atomic mass is 10.3. The predicted molar refractivity (Wildman–Crippen MR) is 78.0 cm³/mol. The molecule has 0 saturated carbocycles. The standard InChI is InChI=1S/C13H18N4O2S/c1-2-16-20(18,19)13-6-4-12(5-7-13)14-9-11-17-10-3-8-15-17/h3-8,10,14,16H,2,9,11H2,1H3. The lowest BCUT2D eigenvalue weighted by Crippen LogP contribution is -2.23. The van der Waals surface area contributed by atoms with Crippen molar-refractivity contribution < 1.29 is 8.42 Å². The summed E-state index contributed by atoms with van der Waals surface area (Å²) in [6.45, 7) is 3.61. The first kappa shape index (κ1) is 14.5. The predicted octanol–water partition coefficient (Wildman–Crippen LogP) is 1.29. The van der Waals surface area contributed by atoms with Gasteiger partial charge in [-0.15, -0.1) is 0 Å². The first-order valence-electron chi connectivity index (χ1n) is 6.43. The molecule has 1 aromatic carbocycles. The van der Waals surface area contributed by atoms with Crippen molar-refractivity contribution in [2.45, 2.75) is 18.4 Å². The molecule has 0 aliphatic carbocycles. The van der Waals surface area contributed by atoms with Gasteiger partial charge < -0.3 is 5.32 Å². The second-order valence-corrected chi connectivity index (χ2v) is 5.99. The third kappa shape index (κ3) is 3.82. The highest BCUT2D eigenvalue weighted by molar-refractivity contribution is 7.89. The van der Waals surface area contributed by atoms with E-state index in [1.165, 1.54) is 0 Å². The first-order chi connectivity index (χ1) is 9.62. The molecular formula is C13H18N4O2S. The lowest BCUT2D eigenvalue weighted by molar-refractivity contribution is 0.584. The van der Waals surface area contributed by atoms with Crippen LogP contribution in [0.5, 0.6) is 0 Å². The molecule has 108 valence electrons. The summed E-state index contributed by atoms with van der Waals surface area (Å²) in [6.07, 6.45) is 3.63. The second-order valence-electron chi connectivity index (χ2n) is 4.22. The Bertz CT molecular complexity index is 621. The second kappa shape index (κ2) is 6.53. The van der Waals surface area contributed by atoms with E-state index in [4.69, 9.17) is 0 Å². The smallest absolute Gasteiger partial charge is 0.240 e. The Kier molecular flexibility index (Phi) is 4.75. The van der Waals surface area contributed by atoms with Crippen LogP contribution in [0.1, 0.15) is 6.92 Å². The normalized spacial score (nSPS) is 11.4. The first-order valence-corrected chi connectivity index (χ1v) is 7.91. The molecule has 0 aliphatic rings. The van der Waals surface area contributed by atoms with Gasteiger partial charge in [0.1, 0.15) is 0 Å². The molecule has 6 nitrogen and oxygen atoms in total. The van der Waals surface area contributed by atoms with Gasteiger partial charge in [0.25, 0.3) is 0 Å². The molecule has 0 bridgehead atoms. The topological polar surface area (TPSA) is 76.0 Å². The molecule has 7 heteroatoms. The third-order valence-electron chi connectivity index (χ3n) is 2.73. The maximum absolute atomic E-state index is 11.8. The van der Waals surface area contributed by atoms with E-state index in [2.05, 4.69) is 15.1 Å². The molecule has 2 rings (SSSR count). The lowest BCUT2D eigenvalue weighted by Gasteiger charge is -2.08. The average molecular weight is 294 g/mol. The van der Waals surface area contributed by atoms with Crippen LogP contribution in [0, 0.1) is 0 Å². The number of sulfonamides is 1. The molecule has 0 fully saturated rings. The van der Waals surface area contributed by atoms with Gasteiger partial charge in [0.15, 0.2) is 0 Å². The number of benzene rings is 1. The Morgan fingerprint density at radius 1 is 1.25 bits per heavy atom. The maximum Gasteiger partial charge on any atom is 0.240 e. The number of rotatable bonds is 7. The molecule has 2 N–H and O–H groups in total. The van der Waals surface area contributed by atoms with Crippen LogP contribution < -0.4 is 10.0 Å². The number of nitrogens with one attached hydrogen (secondary N) is 2. The largest absolute Gasteiger partial charge is 0.383 e. The van der Waals surface area contributed by atoms with Crippen LogP contribution >= 0.6 is 0 Å². The third-order valence-corrected chi connectivity index (χ3v) is 4.29. The average Bonchev–Trinajstić information content (AvgIpc) is 2.92. The van der Waals surface area contributed by atoms with Crippen molar-refractivity contribution in [3.8, 4) is 0 Å². The highest BCUT2D eigenvalue weighted by atomic mass is 32.2. The van der Waals surface area contributed by atoms with E-state index >= 15 is 0 Å². The Morgan fingerprint density at radius 2 is 2.00 bits per heavy atom. The summed E-state index contributed by atoms with van der Waals surface area (Å²) in [6, 6.07) is 8.57. The molecule has 1 aromatic heterocycles. The zero-order chi connectivity index (χ0) is 14.4. The van der Waals surface area contributed by atoms with Crippen LogP contribution in [0.4, 0.5) is 5.69 Å². The zero-order valence-corrected chi connectivity index (χ0v) is 12.1. The molecule has 0 saturated heterocycles. The number of hydrogen-bond acceptors (Lipinski definition) is 4. The molecule has 0 radical (unpaired) electrons. The number of anilines is 1. The highest BCUT2D eigenvalue weighted by Crippen LogP contribution is 2.13. The molecule has 0 spiro atoms. The van der Waals surface area contributed by atoms with Crippen molar-refractivity contribution in [2.75, 3.05) is 18.4 Å². The molecular weight excluding hydrogens is 276 g/mol. The SMILES string of the molecule is CCNS(=O)(=O)c1ccc(NCCn2cccn2)cc1. The van der Waals surface area contributed by atoms with E-state index in [0.29, 0.717) is 6.54 Å². The van der Waals surface area contributed by atoms with E-state index in [9.17, 15) is 8.42 Å². The van der Waals surface area contributed by atoms with Crippen molar-refractivity contribution in [1.82, 2.24) is 14.5 Å². The summed E-state index contributed by atoms with van der Waals surface area (Å²) in [7, 11) is -3.37. The Hall–Kier alpha value is -1.86. The Labute approximate surface area is 118 Å². The molecule has 2 aromatic rings. The fourth-order valence-corrected chi connectivity index (χ4v) is 2.81. The molecule has 20 heavy (non-hydrogen) atoms. The molecule has 0 amide bonds. The minimum Gasteiger partial charge on any atom is -0.383 e. The van der Waals surface area contributed by atoms with Crippen LogP contribution in [0.25, 0.3) is 0 Å². The maximum atomic E-state index is 11.8. The monoisotopic (exact) mass is 294 g/mol. The Morgan fingerprint density at radius 3 is 2.60 bits per heavy atom. The van der Waals surface area contributed by atoms with Gasteiger partial charge in [0, 0.05) is 31.2 Å². The van der Waals surface area contributed by atoms with Crippen LogP contribution in [0.15, 0.2) is 47.6 Å². The summed E-state index contributed by atoms with van der Waals surface area (Å²) >= 11 is 0. The van der Waals surface area contributed by atoms with Gasteiger partial charge in [0.05, 0.1) is 11.4 Å². The van der Waals surface area contributed by atoms with E-state index < -0.39 is 10.0 Å². The number of nitrogens with zero attached hydrogens (tertiary/aromatic N) is 2. The van der Waals surface area contributed by atoms with Crippen LogP contribution in [0.3, 0.4) is 0 Å². The van der Waals surface area contributed by atoms with Crippen molar-refractivity contribution >= 4 is 15.7 Å². The summed E-state index contributed by atoms with van der Waals surface area (Å²) in [5.74, 6) is 0. The van der Waals surface area contributed by atoms with Crippen LogP contribution in [-0.2, 0) is 16.6 Å². The van der Waals surface area contributed by atoms with E-state index in [0.717, 1.165) is 18.8 Å². The summed E-state index contributed by atoms with van der Waals surface area (Å²) in [5.41, 5.74) is 0.882. The number of aromatic nitrogens is 2. The minimum atomic E-state index is -3.37. The minimum absolute atomic E-state index is 0.275. The van der Waals surface area contributed by atoms with Gasteiger partial charge in [0.2, 0.25) is 10.0 Å². The van der Waals surface area contributed by atoms with Crippen molar-refractivity contribution in [1.29, 1.82) is 0 Å². The molecule has 0 atom stereocenters. The van der Waals surface area contributed by atoms with Crippen molar-refractivity contribution in [3.05, 3.63) is 42.7 Å². The summed E-state index contributed by atoms with van der Waals surface area (Å²) in [4.78, 5) is 0.275. The summed E-state index contributed by atoms with van der Waals surface area (Å²) in [5, 5.41) is 7.32. The number of hydrogen-bond donors (Lipinski definition) is 2. The van der Waals surface area contributed by atoms with Crippen LogP contribution in [0.2, 0.25) is 0 Å². The molecule has 0 unspecified atom stereocenters. The van der Waals surface area contributed by atoms with Gasteiger partial charge >= 0.3 is 0 Å². The molecule has 0 aliphatic heterocycles. The zero-order valence-electron chi connectivity index (χ0n) is 11.3. The fraction of sp³-hybridized carbons (Fsp3) is 0.308. The van der Waals surface area contributed by atoms with Crippen molar-refractivity contribution in [2.24, 2.45) is 0 Å². The van der Waals surface area contributed by atoms with Gasteiger partial charge in [-0.3, -0.25) is 4.68 Å². The Balaban J connectivity index is 1.91. The van der Waals surface area contributed by atoms with E-state index in [-0.39, 0.29) is 4.90 Å². The quantitative estimate of drug-likeness (QED) is 0.807. The van der Waals surface area contributed by atoms with Gasteiger partial charge in [-0.2, -0.15) is 5.10 Å². The van der Waals surface area contributed by atoms with Gasteiger partial charge in [-0.25, -0.2) is 13.1 Å². The van der Waals surface area contributed by atoms with E-state index in [1.54, 1.807) is 37.4 Å². The van der Waals surface area contributed by atoms with Crippen LogP contribution in [-0.4, -0.2) is 31.3 Å². The summed E-state index contributed by atoms with van der Waals surface area (Å²) < 4.78 is 27.8. The van der Waals surface area contributed by atoms with Gasteiger partial charge in [-0.05, 0) is 30.3 Å². The fourth-order valence-electron chi connectivity index (χ4n) is 1.77.